The second kappa shape index (κ2) is 27.8. The molecule has 0 spiro atoms. The lowest BCUT2D eigenvalue weighted by Crippen LogP contribution is -2.37. The fraction of sp³-hybridized carbons (Fsp3) is 0.794. The van der Waals surface area contributed by atoms with Crippen LogP contribution in [0.4, 0.5) is 4.79 Å². The predicted octanol–water partition coefficient (Wildman–Crippen LogP) is 8.07. The molecule has 0 unspecified atom stereocenters. The van der Waals surface area contributed by atoms with Crippen LogP contribution in [0.2, 0.25) is 0 Å². The first-order chi connectivity index (χ1) is 21.0. The molecule has 0 aromatic heterocycles. The Hall–Kier alpha value is -1.48. The van der Waals surface area contributed by atoms with Crippen LogP contribution in [0.15, 0.2) is 30.3 Å². The number of nitrogens with zero attached hydrogens (tertiary/aromatic N) is 2. The largest absolute Gasteiger partial charge is 0.469 e. The summed E-state index contributed by atoms with van der Waals surface area (Å²) in [6, 6.07) is 9.77. The van der Waals surface area contributed by atoms with Crippen molar-refractivity contribution in [1.82, 2.24) is 4.90 Å². The normalized spacial score (nSPS) is 11.6. The molecule has 0 aliphatic rings. The Labute approximate surface area is 269 Å². The molecule has 0 saturated carbocycles. The van der Waals surface area contributed by atoms with Crippen LogP contribution in [-0.4, -0.2) is 84.4 Å². The summed E-state index contributed by atoms with van der Waals surface area (Å²) >= 11 is 0. The zero-order valence-electron chi connectivity index (χ0n) is 28.5. The molecule has 44 heavy (non-hydrogen) atoms. The van der Waals surface area contributed by atoms with Gasteiger partial charge in [0.05, 0.1) is 21.1 Å². The molecule has 3 N–H and O–H groups in total. The highest BCUT2D eigenvalue weighted by molar-refractivity contribution is 7.46. The number of carbonyl (C=O) groups excluding carboxylic acids is 1. The standard InChI is InChI=1S/C29H51NO3.C5H14NO4P/c1-2-3-4-5-6-7-8-9-10-11-12-13-14-15-16-20-24-30(25-21-26-31)29(32)33-27-28-22-18-17-19-23-28;1-6(2,3)4-5-10-11(7,8)9/h17-19,22-23,31H,2-16,20-21,24-27H2,1H3;4-5H2,1-3H3,(H-,7,8,9)/p+1. The summed E-state index contributed by atoms with van der Waals surface area (Å²) in [5.41, 5.74) is 0.996. The molecule has 1 rings (SSSR count). The van der Waals surface area contributed by atoms with Gasteiger partial charge in [0.15, 0.2) is 0 Å². The Morgan fingerprint density at radius 1 is 0.750 bits per heavy atom. The molecule has 10 heteroatoms. The number of ether oxygens (including phenoxy) is 1. The third kappa shape index (κ3) is 30.5. The van der Waals surface area contributed by atoms with Gasteiger partial charge in [-0.15, -0.1) is 0 Å². The quantitative estimate of drug-likeness (QED) is 0.0530. The Morgan fingerprint density at radius 3 is 1.64 bits per heavy atom. The van der Waals surface area contributed by atoms with Gasteiger partial charge in [0.2, 0.25) is 0 Å². The number of amides is 1. The average molecular weight is 646 g/mol. The van der Waals surface area contributed by atoms with E-state index in [1.165, 1.54) is 89.9 Å². The molecule has 0 aliphatic carbocycles. The van der Waals surface area contributed by atoms with Gasteiger partial charge in [-0.3, -0.25) is 4.52 Å². The Balaban J connectivity index is 0.00000142. The van der Waals surface area contributed by atoms with E-state index in [2.05, 4.69) is 11.4 Å². The van der Waals surface area contributed by atoms with Crippen LogP contribution in [0, 0.1) is 0 Å². The minimum atomic E-state index is -4.26. The fourth-order valence-corrected chi connectivity index (χ4v) is 4.97. The van der Waals surface area contributed by atoms with Gasteiger partial charge < -0.3 is 29.0 Å². The Morgan fingerprint density at radius 2 is 1.20 bits per heavy atom. The number of benzene rings is 1. The van der Waals surface area contributed by atoms with Crippen molar-refractivity contribution >= 4 is 13.9 Å². The number of aliphatic hydroxyl groups is 1. The van der Waals surface area contributed by atoms with Gasteiger partial charge >= 0.3 is 13.9 Å². The third-order valence-corrected chi connectivity index (χ3v) is 7.87. The van der Waals surface area contributed by atoms with Crippen LogP contribution < -0.4 is 0 Å². The number of phosphoric acid groups is 1. The molecule has 0 heterocycles. The van der Waals surface area contributed by atoms with E-state index in [1.807, 2.05) is 51.5 Å². The summed E-state index contributed by atoms with van der Waals surface area (Å²) in [7, 11) is 1.50. The maximum absolute atomic E-state index is 12.4. The van der Waals surface area contributed by atoms with Crippen LogP contribution in [0.5, 0.6) is 0 Å². The lowest BCUT2D eigenvalue weighted by molar-refractivity contribution is -0.870. The molecule has 1 amide bonds. The molecule has 0 aliphatic heterocycles. The van der Waals surface area contributed by atoms with Gasteiger partial charge in [-0.1, -0.05) is 134 Å². The lowest BCUT2D eigenvalue weighted by atomic mass is 10.0. The van der Waals surface area contributed by atoms with Crippen LogP contribution in [-0.2, 0) is 20.4 Å². The topological polar surface area (TPSA) is 117 Å². The molecule has 0 bridgehead atoms. The van der Waals surface area contributed by atoms with Gasteiger partial charge in [-0.25, -0.2) is 9.36 Å². The number of carbonyl (C=O) groups is 1. The molecule has 0 radical (unpaired) electrons. The SMILES string of the molecule is CCCCCCCCCCCCCCCCCCN(CCCO)C(=O)OCc1ccccc1.C[N+](C)(C)CCOP(=O)(O)O. The summed E-state index contributed by atoms with van der Waals surface area (Å²) in [5.74, 6) is 0. The summed E-state index contributed by atoms with van der Waals surface area (Å²) in [5, 5.41) is 9.14. The zero-order valence-corrected chi connectivity index (χ0v) is 29.4. The number of likely N-dealkylation sites (N-methyl/N-ethyl adjacent to an activating group) is 1. The van der Waals surface area contributed by atoms with Crippen LogP contribution in [0.1, 0.15) is 122 Å². The molecular formula is C34H66N2O7P+. The number of rotatable bonds is 26. The highest BCUT2D eigenvalue weighted by atomic mass is 31.2. The van der Waals surface area contributed by atoms with Crippen molar-refractivity contribution in [3.8, 4) is 0 Å². The van der Waals surface area contributed by atoms with E-state index in [0.717, 1.165) is 18.4 Å². The van der Waals surface area contributed by atoms with Crippen molar-refractivity contribution in [2.45, 2.75) is 123 Å². The number of aliphatic hydroxyl groups excluding tert-OH is 1. The summed E-state index contributed by atoms with van der Waals surface area (Å²) in [4.78, 5) is 30.8. The van der Waals surface area contributed by atoms with Gasteiger partial charge in [0.1, 0.15) is 19.8 Å². The molecule has 1 aromatic carbocycles. The van der Waals surface area contributed by atoms with Gasteiger partial charge in [0.25, 0.3) is 0 Å². The van der Waals surface area contributed by atoms with E-state index in [4.69, 9.17) is 19.6 Å². The highest BCUT2D eigenvalue weighted by Crippen LogP contribution is 2.35. The van der Waals surface area contributed by atoms with E-state index in [9.17, 15) is 9.36 Å². The second-order valence-electron chi connectivity index (χ2n) is 12.7. The molecule has 1 aromatic rings. The molecule has 258 valence electrons. The third-order valence-electron chi connectivity index (χ3n) is 7.35. The first-order valence-corrected chi connectivity index (χ1v) is 18.6. The van der Waals surface area contributed by atoms with Crippen LogP contribution in [0.3, 0.4) is 0 Å². The average Bonchev–Trinajstić information content (AvgIpc) is 2.96. The van der Waals surface area contributed by atoms with E-state index in [0.29, 0.717) is 37.1 Å². The lowest BCUT2D eigenvalue weighted by Gasteiger charge is -2.23. The highest BCUT2D eigenvalue weighted by Gasteiger charge is 2.16. The van der Waals surface area contributed by atoms with Crippen molar-refractivity contribution in [3.63, 3.8) is 0 Å². The van der Waals surface area contributed by atoms with Crippen molar-refractivity contribution in [1.29, 1.82) is 0 Å². The molecular weight excluding hydrogens is 579 g/mol. The summed E-state index contributed by atoms with van der Waals surface area (Å²) in [6.07, 6.45) is 21.8. The van der Waals surface area contributed by atoms with Crippen molar-refractivity contribution < 1.29 is 38.0 Å². The fourth-order valence-electron chi connectivity index (χ4n) is 4.65. The first kappa shape index (κ1) is 42.5. The molecule has 0 fully saturated rings. The predicted molar refractivity (Wildman–Crippen MR) is 180 cm³/mol. The maximum Gasteiger partial charge on any atom is 0.469 e. The zero-order chi connectivity index (χ0) is 32.9. The van der Waals surface area contributed by atoms with E-state index in [1.54, 1.807) is 4.90 Å². The van der Waals surface area contributed by atoms with Crippen LogP contribution in [0.25, 0.3) is 0 Å². The number of phosphoric ester groups is 1. The van der Waals surface area contributed by atoms with E-state index >= 15 is 0 Å². The number of unbranched alkanes of at least 4 members (excludes halogenated alkanes) is 15. The number of quaternary nitrogens is 1. The van der Waals surface area contributed by atoms with Crippen molar-refractivity contribution in [2.24, 2.45) is 0 Å². The van der Waals surface area contributed by atoms with Crippen molar-refractivity contribution in [3.05, 3.63) is 35.9 Å². The van der Waals surface area contributed by atoms with Crippen LogP contribution >= 0.6 is 7.82 Å². The Bertz CT molecular complexity index is 831. The minimum absolute atomic E-state index is 0.0772. The monoisotopic (exact) mass is 645 g/mol. The van der Waals surface area contributed by atoms with Gasteiger partial charge in [-0.2, -0.15) is 0 Å². The smallest absolute Gasteiger partial charge is 0.445 e. The minimum Gasteiger partial charge on any atom is -0.445 e. The number of hydrogen-bond acceptors (Lipinski definition) is 5. The molecule has 0 atom stereocenters. The van der Waals surface area contributed by atoms with E-state index in [-0.39, 0.29) is 19.3 Å². The van der Waals surface area contributed by atoms with Crippen molar-refractivity contribution in [2.75, 3.05) is 54.0 Å². The summed E-state index contributed by atoms with van der Waals surface area (Å²) < 4.78 is 20.5. The van der Waals surface area contributed by atoms with Gasteiger partial charge in [-0.05, 0) is 18.4 Å². The van der Waals surface area contributed by atoms with Gasteiger partial charge in [0, 0.05) is 19.7 Å². The maximum atomic E-state index is 12.4. The van der Waals surface area contributed by atoms with E-state index < -0.39 is 7.82 Å². The second-order valence-corrected chi connectivity index (χ2v) is 14.0. The first-order valence-electron chi connectivity index (χ1n) is 17.1. The number of hydrogen-bond donors (Lipinski definition) is 3. The summed E-state index contributed by atoms with van der Waals surface area (Å²) in [6.45, 7) is 4.60. The Kier molecular flexibility index (Phi) is 26.9. The molecule has 9 nitrogen and oxygen atoms in total. The molecule has 0 saturated heterocycles.